The van der Waals surface area contributed by atoms with Gasteiger partial charge in [-0.1, -0.05) is 19.8 Å². The van der Waals surface area contributed by atoms with E-state index < -0.39 is 6.10 Å². The first kappa shape index (κ1) is 15.2. The molecule has 0 saturated heterocycles. The normalized spacial score (nSPS) is 11.6. The molecule has 0 spiro atoms. The smallest absolute Gasteiger partial charge is 0.253 e. The van der Waals surface area contributed by atoms with Crippen molar-refractivity contribution in [2.75, 3.05) is 11.9 Å². The molecule has 0 fully saturated rings. The van der Waals surface area contributed by atoms with Crippen LogP contribution in [0.15, 0.2) is 24.3 Å². The molecule has 1 N–H and O–H groups in total. The molecule has 0 heterocycles. The number of nitriles is 1. The monoisotopic (exact) mass is 260 g/mol. The zero-order valence-corrected chi connectivity index (χ0v) is 11.5. The van der Waals surface area contributed by atoms with E-state index in [1.807, 2.05) is 6.07 Å². The third-order valence-corrected chi connectivity index (χ3v) is 2.77. The molecule has 102 valence electrons. The van der Waals surface area contributed by atoms with Gasteiger partial charge in [0.15, 0.2) is 0 Å². The van der Waals surface area contributed by atoms with Crippen molar-refractivity contribution in [3.63, 3.8) is 0 Å². The van der Waals surface area contributed by atoms with E-state index in [2.05, 4.69) is 12.2 Å². The molecule has 0 aliphatic carbocycles. The van der Waals surface area contributed by atoms with Crippen LogP contribution in [0.1, 0.15) is 38.7 Å². The number of hydrogen-bond donors (Lipinski definition) is 1. The highest BCUT2D eigenvalue weighted by Crippen LogP contribution is 2.10. The maximum atomic E-state index is 11.8. The summed E-state index contributed by atoms with van der Waals surface area (Å²) in [6, 6.07) is 8.79. The fourth-order valence-corrected chi connectivity index (χ4v) is 1.56. The Morgan fingerprint density at radius 3 is 2.63 bits per heavy atom. The summed E-state index contributed by atoms with van der Waals surface area (Å²) < 4.78 is 5.46. The standard InChI is InChI=1S/C15H20N2O2/c1-3-4-5-10-19-12(2)15(18)17-14-8-6-13(11-16)7-9-14/h6-9,12H,3-5,10H2,1-2H3,(H,17,18). The van der Waals surface area contributed by atoms with Crippen molar-refractivity contribution < 1.29 is 9.53 Å². The topological polar surface area (TPSA) is 62.1 Å². The molecule has 0 aliphatic rings. The summed E-state index contributed by atoms with van der Waals surface area (Å²) in [4.78, 5) is 11.8. The van der Waals surface area contributed by atoms with Gasteiger partial charge in [0.05, 0.1) is 11.6 Å². The first-order valence-electron chi connectivity index (χ1n) is 6.60. The minimum absolute atomic E-state index is 0.166. The van der Waals surface area contributed by atoms with Crippen molar-refractivity contribution in [1.82, 2.24) is 0 Å². The van der Waals surface area contributed by atoms with Crippen molar-refractivity contribution in [2.45, 2.75) is 39.2 Å². The summed E-state index contributed by atoms with van der Waals surface area (Å²) in [5.74, 6) is -0.166. The maximum Gasteiger partial charge on any atom is 0.253 e. The van der Waals surface area contributed by atoms with Crippen LogP contribution in [0.3, 0.4) is 0 Å². The van der Waals surface area contributed by atoms with E-state index in [0.29, 0.717) is 17.9 Å². The van der Waals surface area contributed by atoms with Crippen molar-refractivity contribution in [2.24, 2.45) is 0 Å². The maximum absolute atomic E-state index is 11.8. The Balaban J connectivity index is 2.38. The Morgan fingerprint density at radius 2 is 2.05 bits per heavy atom. The fourth-order valence-electron chi connectivity index (χ4n) is 1.56. The zero-order chi connectivity index (χ0) is 14.1. The lowest BCUT2D eigenvalue weighted by Crippen LogP contribution is -2.28. The van der Waals surface area contributed by atoms with Gasteiger partial charge in [-0.05, 0) is 37.6 Å². The van der Waals surface area contributed by atoms with Crippen LogP contribution < -0.4 is 5.32 Å². The number of carbonyl (C=O) groups is 1. The third kappa shape index (κ3) is 5.54. The fraction of sp³-hybridized carbons (Fsp3) is 0.467. The first-order chi connectivity index (χ1) is 9.17. The van der Waals surface area contributed by atoms with Crippen molar-refractivity contribution in [3.05, 3.63) is 29.8 Å². The van der Waals surface area contributed by atoms with Crippen LogP contribution in [0.4, 0.5) is 5.69 Å². The lowest BCUT2D eigenvalue weighted by molar-refractivity contribution is -0.126. The van der Waals surface area contributed by atoms with E-state index in [4.69, 9.17) is 10.00 Å². The lowest BCUT2D eigenvalue weighted by atomic mass is 10.2. The summed E-state index contributed by atoms with van der Waals surface area (Å²) in [5, 5.41) is 11.4. The van der Waals surface area contributed by atoms with Gasteiger partial charge >= 0.3 is 0 Å². The van der Waals surface area contributed by atoms with E-state index in [1.54, 1.807) is 31.2 Å². The molecule has 1 atom stereocenters. The number of hydrogen-bond acceptors (Lipinski definition) is 3. The van der Waals surface area contributed by atoms with E-state index >= 15 is 0 Å². The lowest BCUT2D eigenvalue weighted by Gasteiger charge is -2.13. The Labute approximate surface area is 114 Å². The van der Waals surface area contributed by atoms with E-state index in [1.165, 1.54) is 0 Å². The molecule has 0 bridgehead atoms. The minimum Gasteiger partial charge on any atom is -0.369 e. The predicted molar refractivity (Wildman–Crippen MR) is 74.7 cm³/mol. The van der Waals surface area contributed by atoms with Crippen LogP contribution in [0.25, 0.3) is 0 Å². The van der Waals surface area contributed by atoms with Crippen molar-refractivity contribution >= 4 is 11.6 Å². The number of nitrogens with one attached hydrogen (secondary N) is 1. The van der Waals surface area contributed by atoms with Gasteiger partial charge in [0.2, 0.25) is 0 Å². The second-order valence-electron chi connectivity index (χ2n) is 4.40. The van der Waals surface area contributed by atoms with E-state index in [-0.39, 0.29) is 5.91 Å². The molecular formula is C15H20N2O2. The minimum atomic E-state index is -0.465. The third-order valence-electron chi connectivity index (χ3n) is 2.77. The second kappa shape index (κ2) is 8.28. The summed E-state index contributed by atoms with van der Waals surface area (Å²) in [6.07, 6.45) is 2.76. The number of amides is 1. The molecule has 1 unspecified atom stereocenters. The molecule has 0 aromatic heterocycles. The van der Waals surface area contributed by atoms with Gasteiger partial charge in [-0.3, -0.25) is 4.79 Å². The van der Waals surface area contributed by atoms with Crippen LogP contribution >= 0.6 is 0 Å². The average Bonchev–Trinajstić information content (AvgIpc) is 2.44. The van der Waals surface area contributed by atoms with Gasteiger partial charge in [-0.2, -0.15) is 5.26 Å². The predicted octanol–water partition coefficient (Wildman–Crippen LogP) is 3.09. The summed E-state index contributed by atoms with van der Waals surface area (Å²) in [5.41, 5.74) is 1.25. The number of rotatable bonds is 7. The Hall–Kier alpha value is -1.86. The highest BCUT2D eigenvalue weighted by molar-refractivity contribution is 5.93. The van der Waals surface area contributed by atoms with Crippen LogP contribution in [0.2, 0.25) is 0 Å². The number of unbranched alkanes of at least 4 members (excludes halogenated alkanes) is 2. The Bertz CT molecular complexity index is 434. The molecule has 19 heavy (non-hydrogen) atoms. The number of anilines is 1. The van der Waals surface area contributed by atoms with Gasteiger partial charge in [0.1, 0.15) is 6.10 Å². The number of benzene rings is 1. The summed E-state index contributed by atoms with van der Waals surface area (Å²) in [6.45, 7) is 4.47. The number of ether oxygens (including phenoxy) is 1. The molecular weight excluding hydrogens is 240 g/mol. The summed E-state index contributed by atoms with van der Waals surface area (Å²) in [7, 11) is 0. The highest BCUT2D eigenvalue weighted by Gasteiger charge is 2.13. The molecule has 4 heteroatoms. The van der Waals surface area contributed by atoms with Crippen molar-refractivity contribution in [3.8, 4) is 6.07 Å². The summed E-state index contributed by atoms with van der Waals surface area (Å²) >= 11 is 0. The average molecular weight is 260 g/mol. The Kier molecular flexibility index (Phi) is 6.62. The highest BCUT2D eigenvalue weighted by atomic mass is 16.5. The molecule has 0 saturated carbocycles. The van der Waals surface area contributed by atoms with E-state index in [9.17, 15) is 4.79 Å². The molecule has 1 aromatic rings. The SMILES string of the molecule is CCCCCOC(C)C(=O)Nc1ccc(C#N)cc1. The largest absolute Gasteiger partial charge is 0.369 e. The molecule has 0 radical (unpaired) electrons. The van der Waals surface area contributed by atoms with E-state index in [0.717, 1.165) is 19.3 Å². The molecule has 1 rings (SSSR count). The van der Waals surface area contributed by atoms with Crippen molar-refractivity contribution in [1.29, 1.82) is 5.26 Å². The van der Waals surface area contributed by atoms with Crippen LogP contribution in [0, 0.1) is 11.3 Å². The van der Waals surface area contributed by atoms with Crippen LogP contribution in [0.5, 0.6) is 0 Å². The van der Waals surface area contributed by atoms with Gasteiger partial charge in [0, 0.05) is 12.3 Å². The van der Waals surface area contributed by atoms with Crippen LogP contribution in [-0.2, 0) is 9.53 Å². The molecule has 4 nitrogen and oxygen atoms in total. The molecule has 0 aliphatic heterocycles. The van der Waals surface area contributed by atoms with Crippen LogP contribution in [-0.4, -0.2) is 18.6 Å². The zero-order valence-electron chi connectivity index (χ0n) is 11.5. The molecule has 1 amide bonds. The quantitative estimate of drug-likeness (QED) is 0.766. The number of nitrogens with zero attached hydrogens (tertiary/aromatic N) is 1. The number of carbonyl (C=O) groups excluding carboxylic acids is 1. The second-order valence-corrected chi connectivity index (χ2v) is 4.40. The van der Waals surface area contributed by atoms with Gasteiger partial charge in [-0.15, -0.1) is 0 Å². The molecule has 1 aromatic carbocycles. The Morgan fingerprint density at radius 1 is 1.37 bits per heavy atom. The first-order valence-corrected chi connectivity index (χ1v) is 6.60. The van der Waals surface area contributed by atoms with Gasteiger partial charge < -0.3 is 10.1 Å². The van der Waals surface area contributed by atoms with Gasteiger partial charge in [-0.25, -0.2) is 0 Å². The van der Waals surface area contributed by atoms with Gasteiger partial charge in [0.25, 0.3) is 5.91 Å².